The zero-order valence-electron chi connectivity index (χ0n) is 9.12. The summed E-state index contributed by atoms with van der Waals surface area (Å²) < 4.78 is 32.4. The lowest BCUT2D eigenvalue weighted by atomic mass is 10.5. The maximum Gasteiger partial charge on any atom is 0.246 e. The molecule has 0 fully saturated rings. The van der Waals surface area contributed by atoms with E-state index in [4.69, 9.17) is 10.2 Å². The van der Waals surface area contributed by atoms with Crippen molar-refractivity contribution in [3.05, 3.63) is 30.4 Å². The highest BCUT2D eigenvalue weighted by molar-refractivity contribution is 7.89. The highest BCUT2D eigenvalue weighted by Gasteiger charge is 2.20. The van der Waals surface area contributed by atoms with Gasteiger partial charge in [0.05, 0.1) is 19.0 Å². The second kappa shape index (κ2) is 4.22. The highest BCUT2D eigenvalue weighted by atomic mass is 32.2. The number of hydrogen-bond donors (Lipinski definition) is 2. The number of furan rings is 1. The molecule has 0 aliphatic heterocycles. The Hall–Kier alpha value is -1.80. The molecule has 7 nitrogen and oxygen atoms in total. The van der Waals surface area contributed by atoms with Crippen molar-refractivity contribution in [2.75, 3.05) is 5.73 Å². The van der Waals surface area contributed by atoms with Gasteiger partial charge in [0.15, 0.2) is 0 Å². The Balaban J connectivity index is 2.17. The van der Waals surface area contributed by atoms with Crippen molar-refractivity contribution in [1.29, 1.82) is 0 Å². The molecule has 0 aliphatic rings. The van der Waals surface area contributed by atoms with Crippen molar-refractivity contribution < 1.29 is 12.8 Å². The van der Waals surface area contributed by atoms with Crippen LogP contribution in [-0.4, -0.2) is 18.2 Å². The maximum atomic E-state index is 11.9. The zero-order valence-corrected chi connectivity index (χ0v) is 9.94. The van der Waals surface area contributed by atoms with Crippen molar-refractivity contribution in [3.8, 4) is 0 Å². The summed E-state index contributed by atoms with van der Waals surface area (Å²) in [5.41, 5.74) is 5.60. The summed E-state index contributed by atoms with van der Waals surface area (Å²) in [4.78, 5) is -0.0356. The third-order valence-corrected chi connectivity index (χ3v) is 3.67. The smallest absolute Gasteiger partial charge is 0.246 e. The van der Waals surface area contributed by atoms with E-state index in [0.29, 0.717) is 5.76 Å². The number of sulfonamides is 1. The van der Waals surface area contributed by atoms with Gasteiger partial charge in [0.1, 0.15) is 16.5 Å². The summed E-state index contributed by atoms with van der Waals surface area (Å²) in [6.07, 6.45) is 2.68. The molecular formula is C9H12N4O3S. The molecule has 2 aromatic rings. The summed E-state index contributed by atoms with van der Waals surface area (Å²) in [7, 11) is -2.09. The maximum absolute atomic E-state index is 11.9. The Labute approximate surface area is 98.3 Å². The van der Waals surface area contributed by atoms with E-state index >= 15 is 0 Å². The lowest BCUT2D eigenvalue weighted by Gasteiger charge is -2.04. The predicted molar refractivity (Wildman–Crippen MR) is 60.4 cm³/mol. The quantitative estimate of drug-likeness (QED) is 0.806. The molecule has 8 heteroatoms. The van der Waals surface area contributed by atoms with Crippen LogP contribution in [0.25, 0.3) is 0 Å². The molecule has 0 saturated carbocycles. The summed E-state index contributed by atoms with van der Waals surface area (Å²) >= 11 is 0. The van der Waals surface area contributed by atoms with Crippen molar-refractivity contribution in [1.82, 2.24) is 14.5 Å². The number of anilines is 1. The summed E-state index contributed by atoms with van der Waals surface area (Å²) in [6.45, 7) is 0.0731. The molecule has 2 heterocycles. The van der Waals surface area contributed by atoms with Gasteiger partial charge in [-0.1, -0.05) is 0 Å². The molecule has 0 saturated heterocycles. The Morgan fingerprint density at radius 2 is 2.35 bits per heavy atom. The molecule has 92 valence electrons. The number of aryl methyl sites for hydroxylation is 1. The molecule has 0 spiro atoms. The van der Waals surface area contributed by atoms with Crippen LogP contribution in [0.15, 0.2) is 33.9 Å². The molecule has 0 unspecified atom stereocenters. The van der Waals surface area contributed by atoms with Crippen molar-refractivity contribution in [2.24, 2.45) is 7.05 Å². The lowest BCUT2D eigenvalue weighted by Crippen LogP contribution is -2.23. The SMILES string of the molecule is Cn1ncc(S(=O)(=O)NCc2ccco2)c1N. The average Bonchev–Trinajstić information content (AvgIpc) is 2.88. The minimum Gasteiger partial charge on any atom is -0.468 e. The van der Waals surface area contributed by atoms with Crippen LogP contribution in [0.1, 0.15) is 5.76 Å². The molecule has 0 radical (unpaired) electrons. The van der Waals surface area contributed by atoms with Crippen molar-refractivity contribution in [3.63, 3.8) is 0 Å². The largest absolute Gasteiger partial charge is 0.468 e. The first-order valence-electron chi connectivity index (χ1n) is 4.80. The van der Waals surface area contributed by atoms with Gasteiger partial charge in [-0.05, 0) is 12.1 Å². The summed E-state index contributed by atoms with van der Waals surface area (Å²) in [5, 5.41) is 3.78. The van der Waals surface area contributed by atoms with E-state index in [-0.39, 0.29) is 17.3 Å². The number of nitrogens with two attached hydrogens (primary N) is 1. The Morgan fingerprint density at radius 1 is 1.59 bits per heavy atom. The first-order chi connectivity index (χ1) is 8.00. The van der Waals surface area contributed by atoms with Gasteiger partial charge in [-0.15, -0.1) is 0 Å². The third kappa shape index (κ3) is 2.32. The summed E-state index contributed by atoms with van der Waals surface area (Å²) in [6, 6.07) is 3.36. The highest BCUT2D eigenvalue weighted by Crippen LogP contribution is 2.16. The zero-order chi connectivity index (χ0) is 12.5. The molecule has 3 N–H and O–H groups in total. The van der Waals surface area contributed by atoms with E-state index in [1.54, 1.807) is 19.2 Å². The van der Waals surface area contributed by atoms with Crippen molar-refractivity contribution >= 4 is 15.8 Å². The number of nitrogens with zero attached hydrogens (tertiary/aromatic N) is 2. The van der Waals surface area contributed by atoms with Crippen LogP contribution in [0.5, 0.6) is 0 Å². The predicted octanol–water partition coefficient (Wildman–Crippen LogP) is 0.0738. The molecule has 0 amide bonds. The van der Waals surface area contributed by atoms with Gasteiger partial charge >= 0.3 is 0 Å². The fraction of sp³-hybridized carbons (Fsp3) is 0.222. The van der Waals surface area contributed by atoms with Gasteiger partial charge in [0, 0.05) is 7.05 Å². The first-order valence-corrected chi connectivity index (χ1v) is 6.28. The molecule has 17 heavy (non-hydrogen) atoms. The minimum atomic E-state index is -3.66. The number of hydrogen-bond acceptors (Lipinski definition) is 5. The fourth-order valence-electron chi connectivity index (χ4n) is 1.29. The van der Waals surface area contributed by atoms with E-state index in [1.807, 2.05) is 0 Å². The fourth-order valence-corrected chi connectivity index (χ4v) is 2.37. The number of aromatic nitrogens is 2. The summed E-state index contributed by atoms with van der Waals surface area (Å²) in [5.74, 6) is 0.619. The number of nitrogen functional groups attached to an aromatic ring is 1. The van der Waals surface area contributed by atoms with Crippen LogP contribution in [0.2, 0.25) is 0 Å². The standard InChI is InChI=1S/C9H12N4O3S/c1-13-9(10)8(6-11-13)17(14,15)12-5-7-3-2-4-16-7/h2-4,6,12H,5,10H2,1H3. The van der Waals surface area contributed by atoms with Crippen LogP contribution in [-0.2, 0) is 23.6 Å². The van der Waals surface area contributed by atoms with E-state index in [9.17, 15) is 8.42 Å². The van der Waals surface area contributed by atoms with E-state index in [1.165, 1.54) is 17.1 Å². The monoisotopic (exact) mass is 256 g/mol. The van der Waals surface area contributed by atoms with Crippen LogP contribution in [0, 0.1) is 0 Å². The third-order valence-electron chi connectivity index (χ3n) is 2.26. The van der Waals surface area contributed by atoms with E-state index in [0.717, 1.165) is 0 Å². The molecule has 0 aliphatic carbocycles. The van der Waals surface area contributed by atoms with Crippen molar-refractivity contribution in [2.45, 2.75) is 11.4 Å². The van der Waals surface area contributed by atoms with Gasteiger partial charge in [-0.25, -0.2) is 13.1 Å². The molecular weight excluding hydrogens is 244 g/mol. The van der Waals surface area contributed by atoms with Crippen LogP contribution in [0.3, 0.4) is 0 Å². The molecule has 0 atom stereocenters. The Kier molecular flexibility index (Phi) is 2.90. The second-order valence-electron chi connectivity index (χ2n) is 3.42. The molecule has 2 rings (SSSR count). The lowest BCUT2D eigenvalue weighted by molar-refractivity contribution is 0.498. The second-order valence-corrected chi connectivity index (χ2v) is 5.16. The van der Waals surface area contributed by atoms with Gasteiger partial charge in [0.2, 0.25) is 10.0 Å². The number of rotatable bonds is 4. The number of nitrogens with one attached hydrogen (secondary N) is 1. The van der Waals surface area contributed by atoms with E-state index < -0.39 is 10.0 Å². The van der Waals surface area contributed by atoms with Gasteiger partial charge < -0.3 is 10.2 Å². The molecule has 2 aromatic heterocycles. The molecule has 0 bridgehead atoms. The topological polar surface area (TPSA) is 103 Å². The van der Waals surface area contributed by atoms with Crippen LogP contribution >= 0.6 is 0 Å². The molecule has 0 aromatic carbocycles. The van der Waals surface area contributed by atoms with Crippen LogP contribution in [0.4, 0.5) is 5.82 Å². The van der Waals surface area contributed by atoms with Crippen LogP contribution < -0.4 is 10.5 Å². The Morgan fingerprint density at radius 3 is 2.88 bits per heavy atom. The van der Waals surface area contributed by atoms with E-state index in [2.05, 4.69) is 9.82 Å². The Bertz CT molecular complexity index is 600. The minimum absolute atomic E-state index is 0.0356. The van der Waals surface area contributed by atoms with Gasteiger partial charge in [-0.2, -0.15) is 5.10 Å². The first kappa shape index (κ1) is 11.7. The van der Waals surface area contributed by atoms with Gasteiger partial charge in [-0.3, -0.25) is 4.68 Å². The van der Waals surface area contributed by atoms with Gasteiger partial charge in [0.25, 0.3) is 0 Å². The normalized spacial score (nSPS) is 11.8. The average molecular weight is 256 g/mol.